The van der Waals surface area contributed by atoms with Gasteiger partial charge in [0.25, 0.3) is 0 Å². The molecule has 0 atom stereocenters. The van der Waals surface area contributed by atoms with Gasteiger partial charge in [-0.1, -0.05) is 10.3 Å². The summed E-state index contributed by atoms with van der Waals surface area (Å²) in [5.41, 5.74) is 1.04. The molecule has 2 aromatic heterocycles. The van der Waals surface area contributed by atoms with Gasteiger partial charge in [-0.25, -0.2) is 13.6 Å². The summed E-state index contributed by atoms with van der Waals surface area (Å²) in [6, 6.07) is 3.33. The number of H-pyrrole nitrogens is 1. The van der Waals surface area contributed by atoms with Crippen molar-refractivity contribution in [3.8, 4) is 0 Å². The van der Waals surface area contributed by atoms with Crippen LogP contribution in [0.2, 0.25) is 0 Å². The van der Waals surface area contributed by atoms with Crippen molar-refractivity contribution in [2.45, 2.75) is 31.9 Å². The summed E-state index contributed by atoms with van der Waals surface area (Å²) in [6.07, 6.45) is 2.33. The quantitative estimate of drug-likeness (QED) is 0.625. The molecule has 1 fully saturated rings. The minimum atomic E-state index is -0.712. The topological polar surface area (TPSA) is 122 Å². The summed E-state index contributed by atoms with van der Waals surface area (Å²) in [5.74, 6) is -0.889. The molecule has 0 bridgehead atoms. The lowest BCUT2D eigenvalue weighted by Crippen LogP contribution is -2.38. The van der Waals surface area contributed by atoms with Gasteiger partial charge in [-0.3, -0.25) is 5.10 Å². The van der Waals surface area contributed by atoms with Gasteiger partial charge in [0.1, 0.15) is 18.2 Å². The number of nitrogens with one attached hydrogen (secondary N) is 2. The van der Waals surface area contributed by atoms with Crippen molar-refractivity contribution in [1.29, 1.82) is 0 Å². The summed E-state index contributed by atoms with van der Waals surface area (Å²) in [5, 5.41) is 21.1. The van der Waals surface area contributed by atoms with Crippen LogP contribution in [0.3, 0.4) is 0 Å². The van der Waals surface area contributed by atoms with Crippen molar-refractivity contribution in [3.05, 3.63) is 53.2 Å². The van der Waals surface area contributed by atoms with E-state index in [9.17, 15) is 13.6 Å². The van der Waals surface area contributed by atoms with E-state index in [2.05, 4.69) is 30.9 Å². The number of carbonyl (C=O) groups is 1. The number of aromatic amines is 1. The fourth-order valence-corrected chi connectivity index (χ4v) is 3.19. The third-order valence-corrected chi connectivity index (χ3v) is 4.72. The number of anilines is 1. The fraction of sp³-hybridized carbons (Fsp3) is 0.389. The van der Waals surface area contributed by atoms with Gasteiger partial charge in [0.15, 0.2) is 0 Å². The molecule has 2 N–H and O–H groups in total. The van der Waals surface area contributed by atoms with Crippen molar-refractivity contribution < 1.29 is 22.7 Å². The summed E-state index contributed by atoms with van der Waals surface area (Å²) in [4.78, 5) is 13.8. The molecule has 0 spiro atoms. The van der Waals surface area contributed by atoms with E-state index in [-0.39, 0.29) is 18.1 Å². The molecular formula is C18H19F2N7O3. The van der Waals surface area contributed by atoms with E-state index in [0.717, 1.165) is 23.9 Å². The molecule has 4 rings (SSSR count). The highest BCUT2D eigenvalue weighted by molar-refractivity contribution is 5.67. The third kappa shape index (κ3) is 4.88. The Morgan fingerprint density at radius 3 is 2.70 bits per heavy atom. The number of ether oxygens (including phenoxy) is 1. The number of halogens is 2. The molecule has 30 heavy (non-hydrogen) atoms. The summed E-state index contributed by atoms with van der Waals surface area (Å²) in [7, 11) is 0. The smallest absolute Gasteiger partial charge is 0.410 e. The van der Waals surface area contributed by atoms with Gasteiger partial charge in [-0.05, 0) is 30.5 Å². The van der Waals surface area contributed by atoms with Gasteiger partial charge in [-0.2, -0.15) is 0 Å². The van der Waals surface area contributed by atoms with Crippen molar-refractivity contribution in [1.82, 2.24) is 30.5 Å². The van der Waals surface area contributed by atoms with Crippen LogP contribution in [0.4, 0.5) is 19.6 Å². The molecule has 1 amide bonds. The second-order valence-corrected chi connectivity index (χ2v) is 6.87. The van der Waals surface area contributed by atoms with E-state index in [1.54, 1.807) is 11.1 Å². The first-order valence-electron chi connectivity index (χ1n) is 9.35. The van der Waals surface area contributed by atoms with Gasteiger partial charge in [-0.15, -0.1) is 10.2 Å². The Balaban J connectivity index is 1.24. The minimum Gasteiger partial charge on any atom is -0.445 e. The van der Waals surface area contributed by atoms with E-state index in [0.29, 0.717) is 44.4 Å². The fourth-order valence-electron chi connectivity index (χ4n) is 3.19. The van der Waals surface area contributed by atoms with Crippen LogP contribution in [-0.2, 0) is 17.9 Å². The average Bonchev–Trinajstić information content (AvgIpc) is 3.42. The first-order chi connectivity index (χ1) is 14.6. The first-order valence-corrected chi connectivity index (χ1v) is 9.35. The lowest BCUT2D eigenvalue weighted by molar-refractivity contribution is 0.0854. The number of benzene rings is 1. The van der Waals surface area contributed by atoms with Crippen LogP contribution < -0.4 is 5.32 Å². The van der Waals surface area contributed by atoms with Crippen molar-refractivity contribution in [3.63, 3.8) is 0 Å². The molecule has 1 aromatic carbocycles. The summed E-state index contributed by atoms with van der Waals surface area (Å²) < 4.78 is 37.2. The van der Waals surface area contributed by atoms with Crippen LogP contribution in [-0.4, -0.2) is 49.7 Å². The van der Waals surface area contributed by atoms with E-state index >= 15 is 0 Å². The number of carbonyl (C=O) groups excluding carboxylic acids is 1. The summed E-state index contributed by atoms with van der Waals surface area (Å²) >= 11 is 0. The van der Waals surface area contributed by atoms with E-state index in [1.807, 2.05) is 0 Å². The molecule has 1 aliphatic heterocycles. The molecule has 0 saturated carbocycles. The number of aromatic nitrogens is 5. The highest BCUT2D eigenvalue weighted by Crippen LogP contribution is 2.28. The predicted octanol–water partition coefficient (Wildman–Crippen LogP) is 2.59. The van der Waals surface area contributed by atoms with Gasteiger partial charge in [0, 0.05) is 25.1 Å². The maximum atomic E-state index is 13.2. The van der Waals surface area contributed by atoms with Crippen LogP contribution in [0.15, 0.2) is 28.8 Å². The van der Waals surface area contributed by atoms with Crippen molar-refractivity contribution >= 4 is 12.1 Å². The highest BCUT2D eigenvalue weighted by Gasteiger charge is 2.28. The molecule has 10 nitrogen and oxygen atoms in total. The molecule has 12 heteroatoms. The molecule has 158 valence electrons. The number of amides is 1. The first kappa shape index (κ1) is 19.7. The lowest BCUT2D eigenvalue weighted by Gasteiger charge is -2.29. The zero-order valence-electron chi connectivity index (χ0n) is 15.8. The van der Waals surface area contributed by atoms with E-state index in [4.69, 9.17) is 9.15 Å². The van der Waals surface area contributed by atoms with Crippen LogP contribution in [0.1, 0.15) is 35.9 Å². The third-order valence-electron chi connectivity index (χ3n) is 4.72. The molecule has 3 aromatic rings. The van der Waals surface area contributed by atoms with Gasteiger partial charge in [0.05, 0.1) is 18.4 Å². The SMILES string of the molecule is O=C(OCc1cc(F)cc(F)c1)N1CCC(c2nnc(NCc3cnn[nH]3)o2)CC1. The number of hydrogen-bond donors (Lipinski definition) is 2. The van der Waals surface area contributed by atoms with Crippen LogP contribution in [0.25, 0.3) is 0 Å². The molecular weight excluding hydrogens is 400 g/mol. The Kier molecular flexibility index (Phi) is 5.82. The minimum absolute atomic E-state index is 0.0308. The van der Waals surface area contributed by atoms with E-state index in [1.165, 1.54) is 0 Å². The lowest BCUT2D eigenvalue weighted by atomic mass is 9.97. The maximum Gasteiger partial charge on any atom is 0.410 e. The van der Waals surface area contributed by atoms with Gasteiger partial charge < -0.3 is 19.4 Å². The van der Waals surface area contributed by atoms with Gasteiger partial charge in [0.2, 0.25) is 5.89 Å². The summed E-state index contributed by atoms with van der Waals surface area (Å²) in [6.45, 7) is 1.13. The average molecular weight is 419 g/mol. The Morgan fingerprint density at radius 2 is 2.00 bits per heavy atom. The van der Waals surface area contributed by atoms with Crippen molar-refractivity contribution in [2.24, 2.45) is 0 Å². The van der Waals surface area contributed by atoms with Gasteiger partial charge >= 0.3 is 12.1 Å². The molecule has 0 unspecified atom stereocenters. The predicted molar refractivity (Wildman–Crippen MR) is 98.1 cm³/mol. The molecule has 0 radical (unpaired) electrons. The van der Waals surface area contributed by atoms with Crippen LogP contribution >= 0.6 is 0 Å². The number of nitrogens with zero attached hydrogens (tertiary/aromatic N) is 5. The standard InChI is InChI=1S/C18H19F2N7O3/c19-13-5-11(6-14(20)7-13)10-29-18(28)27-3-1-12(2-4-27)16-24-25-17(30-16)21-8-15-9-22-26-23-15/h5-7,9,12H,1-4,8,10H2,(H,21,25)(H,22,23,26). The molecule has 1 saturated heterocycles. The van der Waals surface area contributed by atoms with E-state index < -0.39 is 17.7 Å². The normalized spacial score (nSPS) is 14.7. The second-order valence-electron chi connectivity index (χ2n) is 6.87. The number of rotatable bonds is 6. The molecule has 0 aliphatic carbocycles. The van der Waals surface area contributed by atoms with Crippen molar-refractivity contribution in [2.75, 3.05) is 18.4 Å². The largest absolute Gasteiger partial charge is 0.445 e. The molecule has 1 aliphatic rings. The highest BCUT2D eigenvalue weighted by atomic mass is 19.1. The zero-order chi connectivity index (χ0) is 20.9. The van der Waals surface area contributed by atoms with Crippen LogP contribution in [0, 0.1) is 11.6 Å². The number of hydrogen-bond acceptors (Lipinski definition) is 8. The second kappa shape index (κ2) is 8.84. The number of likely N-dealkylation sites (tertiary alicyclic amines) is 1. The monoisotopic (exact) mass is 419 g/mol. The van der Waals surface area contributed by atoms with Crippen LogP contribution in [0.5, 0.6) is 0 Å². The molecule has 3 heterocycles. The Labute approximate surface area is 169 Å². The Bertz CT molecular complexity index is 967. The maximum absolute atomic E-state index is 13.2. The Morgan fingerprint density at radius 1 is 1.23 bits per heavy atom. The Hall–Kier alpha value is -3.57. The zero-order valence-corrected chi connectivity index (χ0v) is 15.8. The number of piperidine rings is 1.